The summed E-state index contributed by atoms with van der Waals surface area (Å²) < 4.78 is 40.1. The minimum atomic E-state index is -4.97. The van der Waals surface area contributed by atoms with Crippen molar-refractivity contribution in [1.29, 1.82) is 10.5 Å². The number of rotatable bonds is 2. The molecule has 0 aliphatic heterocycles. The molecule has 1 aromatic heterocycles. The maximum Gasteiger partial charge on any atom is 0.573 e. The summed E-state index contributed by atoms with van der Waals surface area (Å²) in [6.07, 6.45) is -4.36. The summed E-state index contributed by atoms with van der Waals surface area (Å²) in [4.78, 5) is 3.52. The number of halogens is 3. The van der Waals surface area contributed by atoms with Gasteiger partial charge in [0.15, 0.2) is 5.75 Å². The number of nitrogens with zero attached hydrogens (tertiary/aromatic N) is 3. The first-order valence-corrected chi connectivity index (χ1v) is 4.19. The van der Waals surface area contributed by atoms with E-state index >= 15 is 0 Å². The Hall–Kier alpha value is -2.48. The maximum absolute atomic E-state index is 12.1. The average molecular weight is 242 g/mol. The van der Waals surface area contributed by atoms with E-state index in [-0.39, 0.29) is 17.8 Å². The van der Waals surface area contributed by atoms with Crippen LogP contribution in [0.3, 0.4) is 0 Å². The summed E-state index contributed by atoms with van der Waals surface area (Å²) in [5, 5.41) is 17.1. The van der Waals surface area contributed by atoms with E-state index in [1.807, 2.05) is 0 Å². The summed E-state index contributed by atoms with van der Waals surface area (Å²) in [7, 11) is 0. The topological polar surface area (TPSA) is 95.7 Å². The normalized spacial score (nSPS) is 10.4. The zero-order chi connectivity index (χ0) is 13.1. The van der Waals surface area contributed by atoms with E-state index in [4.69, 9.17) is 16.3 Å². The van der Waals surface area contributed by atoms with E-state index in [0.29, 0.717) is 0 Å². The lowest BCUT2D eigenvalue weighted by Crippen LogP contribution is -2.19. The Balaban J connectivity index is 3.36. The summed E-state index contributed by atoms with van der Waals surface area (Å²) in [5.41, 5.74) is 4.58. The molecule has 88 valence electrons. The lowest BCUT2D eigenvalue weighted by Gasteiger charge is -2.13. The van der Waals surface area contributed by atoms with Crippen LogP contribution in [-0.4, -0.2) is 11.3 Å². The minimum Gasteiger partial charge on any atom is -0.404 e. The van der Waals surface area contributed by atoms with Crippen LogP contribution in [0.15, 0.2) is 6.20 Å². The van der Waals surface area contributed by atoms with Crippen molar-refractivity contribution in [1.82, 2.24) is 4.98 Å². The molecule has 0 atom stereocenters. The van der Waals surface area contributed by atoms with Gasteiger partial charge in [0.1, 0.15) is 17.5 Å². The number of nitrogens with two attached hydrogens (primary N) is 1. The molecule has 8 heteroatoms. The molecule has 0 fully saturated rings. The van der Waals surface area contributed by atoms with Crippen LogP contribution in [0.4, 0.5) is 19.0 Å². The molecule has 0 bridgehead atoms. The Morgan fingerprint density at radius 1 is 1.41 bits per heavy atom. The molecule has 17 heavy (non-hydrogen) atoms. The standard InChI is InChI=1S/C9H5F3N4O/c10-9(11,12)17-7-5(1-2-13)4-16-8(15)6(7)3-14/h4H,1H2,(H2,15,16). The van der Waals surface area contributed by atoms with Crippen molar-refractivity contribution < 1.29 is 17.9 Å². The maximum atomic E-state index is 12.1. The molecule has 5 nitrogen and oxygen atoms in total. The number of nitrogen functional groups attached to an aromatic ring is 1. The highest BCUT2D eigenvalue weighted by atomic mass is 19.4. The van der Waals surface area contributed by atoms with Gasteiger partial charge in [-0.3, -0.25) is 0 Å². The van der Waals surface area contributed by atoms with Gasteiger partial charge in [-0.15, -0.1) is 13.2 Å². The van der Waals surface area contributed by atoms with Crippen molar-refractivity contribution >= 4 is 5.82 Å². The second-order valence-corrected chi connectivity index (χ2v) is 2.87. The molecule has 0 aromatic carbocycles. The first kappa shape index (κ1) is 12.6. The van der Waals surface area contributed by atoms with Crippen LogP contribution in [-0.2, 0) is 6.42 Å². The molecule has 0 amide bonds. The van der Waals surface area contributed by atoms with Crippen molar-refractivity contribution in [3.05, 3.63) is 17.3 Å². The predicted molar refractivity (Wildman–Crippen MR) is 49.4 cm³/mol. The molecule has 0 saturated carbocycles. The van der Waals surface area contributed by atoms with Gasteiger partial charge in [-0.1, -0.05) is 0 Å². The molecule has 0 saturated heterocycles. The molecule has 2 N–H and O–H groups in total. The zero-order valence-electron chi connectivity index (χ0n) is 8.25. The second-order valence-electron chi connectivity index (χ2n) is 2.87. The monoisotopic (exact) mass is 242 g/mol. The molecule has 1 rings (SSSR count). The van der Waals surface area contributed by atoms with Gasteiger partial charge in [0, 0.05) is 11.8 Å². The van der Waals surface area contributed by atoms with E-state index in [9.17, 15) is 13.2 Å². The molecule has 0 spiro atoms. The summed E-state index contributed by atoms with van der Waals surface area (Å²) in [6, 6.07) is 3.11. The first-order chi connectivity index (χ1) is 7.89. The Kier molecular flexibility index (Phi) is 3.39. The van der Waals surface area contributed by atoms with E-state index in [0.717, 1.165) is 6.20 Å². The number of anilines is 1. The highest BCUT2D eigenvalue weighted by Gasteiger charge is 2.34. The smallest absolute Gasteiger partial charge is 0.404 e. The van der Waals surface area contributed by atoms with Gasteiger partial charge in [0.2, 0.25) is 0 Å². The quantitative estimate of drug-likeness (QED) is 0.847. The van der Waals surface area contributed by atoms with Crippen LogP contribution in [0.5, 0.6) is 5.75 Å². The lowest BCUT2D eigenvalue weighted by atomic mass is 10.1. The Labute approximate surface area is 93.8 Å². The summed E-state index contributed by atoms with van der Waals surface area (Å²) in [6.45, 7) is 0. The predicted octanol–water partition coefficient (Wildman–Crippen LogP) is 1.50. The second kappa shape index (κ2) is 4.58. The molecule has 1 heterocycles. The number of hydrogen-bond donors (Lipinski definition) is 1. The van der Waals surface area contributed by atoms with Gasteiger partial charge in [-0.05, 0) is 0 Å². The van der Waals surface area contributed by atoms with Crippen LogP contribution in [0.1, 0.15) is 11.1 Å². The fourth-order valence-corrected chi connectivity index (χ4v) is 1.10. The highest BCUT2D eigenvalue weighted by Crippen LogP contribution is 2.32. The Morgan fingerprint density at radius 2 is 2.06 bits per heavy atom. The van der Waals surface area contributed by atoms with E-state index < -0.39 is 17.7 Å². The van der Waals surface area contributed by atoms with Gasteiger partial charge < -0.3 is 10.5 Å². The fraction of sp³-hybridized carbons (Fsp3) is 0.222. The van der Waals surface area contributed by atoms with E-state index in [2.05, 4.69) is 9.72 Å². The first-order valence-electron chi connectivity index (χ1n) is 4.19. The molecular weight excluding hydrogens is 237 g/mol. The van der Waals surface area contributed by atoms with Gasteiger partial charge in [-0.2, -0.15) is 10.5 Å². The van der Waals surface area contributed by atoms with Crippen molar-refractivity contribution in [3.8, 4) is 17.9 Å². The fourth-order valence-electron chi connectivity index (χ4n) is 1.10. The van der Waals surface area contributed by atoms with Gasteiger partial charge in [0.05, 0.1) is 12.5 Å². The van der Waals surface area contributed by atoms with E-state index in [1.165, 1.54) is 6.07 Å². The van der Waals surface area contributed by atoms with Crippen LogP contribution < -0.4 is 10.5 Å². The number of ether oxygens (including phenoxy) is 1. The lowest BCUT2D eigenvalue weighted by molar-refractivity contribution is -0.275. The molecule has 1 aromatic rings. The van der Waals surface area contributed by atoms with E-state index in [1.54, 1.807) is 6.07 Å². The highest BCUT2D eigenvalue weighted by molar-refractivity contribution is 5.59. The summed E-state index contributed by atoms with van der Waals surface area (Å²) in [5.74, 6) is -1.15. The number of hydrogen-bond acceptors (Lipinski definition) is 5. The van der Waals surface area contributed by atoms with Crippen LogP contribution in [0, 0.1) is 22.7 Å². The number of aromatic nitrogens is 1. The molecule has 0 unspecified atom stereocenters. The third-order valence-corrected chi connectivity index (χ3v) is 1.73. The van der Waals surface area contributed by atoms with Crippen molar-refractivity contribution in [2.45, 2.75) is 12.8 Å². The molecule has 0 aliphatic carbocycles. The zero-order valence-corrected chi connectivity index (χ0v) is 8.25. The average Bonchev–Trinajstić information content (AvgIpc) is 2.21. The third kappa shape index (κ3) is 2.98. The number of nitriles is 2. The summed E-state index contributed by atoms with van der Waals surface area (Å²) >= 11 is 0. The van der Waals surface area contributed by atoms with Crippen LogP contribution in [0.25, 0.3) is 0 Å². The molecule has 0 aliphatic rings. The SMILES string of the molecule is N#CCc1cnc(N)c(C#N)c1OC(F)(F)F. The van der Waals surface area contributed by atoms with Crippen LogP contribution in [0.2, 0.25) is 0 Å². The van der Waals surface area contributed by atoms with Gasteiger partial charge in [0.25, 0.3) is 0 Å². The largest absolute Gasteiger partial charge is 0.573 e. The molecule has 0 radical (unpaired) electrons. The Bertz CT molecular complexity index is 513. The number of alkyl halides is 3. The minimum absolute atomic E-state index is 0.143. The van der Waals surface area contributed by atoms with Gasteiger partial charge in [-0.25, -0.2) is 4.98 Å². The third-order valence-electron chi connectivity index (χ3n) is 1.73. The van der Waals surface area contributed by atoms with Gasteiger partial charge >= 0.3 is 6.36 Å². The van der Waals surface area contributed by atoms with Crippen molar-refractivity contribution in [2.24, 2.45) is 0 Å². The Morgan fingerprint density at radius 3 is 2.53 bits per heavy atom. The van der Waals surface area contributed by atoms with Crippen LogP contribution >= 0.6 is 0 Å². The number of pyridine rings is 1. The van der Waals surface area contributed by atoms with Crippen molar-refractivity contribution in [3.63, 3.8) is 0 Å². The van der Waals surface area contributed by atoms with Crippen molar-refractivity contribution in [2.75, 3.05) is 5.73 Å². The molecular formula is C9H5F3N4O.